The molecular weight excluding hydrogens is 178 g/mol. The van der Waals surface area contributed by atoms with Gasteiger partial charge < -0.3 is 4.74 Å². The van der Waals surface area contributed by atoms with Gasteiger partial charge in [-0.05, 0) is 18.2 Å². The number of ether oxygens (including phenoxy) is 1. The van der Waals surface area contributed by atoms with Crippen LogP contribution in [0, 0.1) is 11.3 Å². The Labute approximate surface area is 80.8 Å². The first-order valence-electron chi connectivity index (χ1n) is 4.05. The Bertz CT molecular complexity index is 516. The number of hydrogen-bond donors (Lipinski definition) is 0. The van der Waals surface area contributed by atoms with Gasteiger partial charge in [-0.15, -0.1) is 0 Å². The topological polar surface area (TPSA) is 58.8 Å². The smallest absolute Gasteiger partial charge is 0.233 e. The Kier molecular flexibility index (Phi) is 1.99. The molecule has 0 aliphatic rings. The summed E-state index contributed by atoms with van der Waals surface area (Å²) in [5.41, 5.74) is 1.01. The lowest BCUT2D eigenvalue weighted by molar-refractivity contribution is 0.398. The van der Waals surface area contributed by atoms with Gasteiger partial charge in [0.25, 0.3) is 0 Å². The highest BCUT2D eigenvalue weighted by Gasteiger charge is 2.06. The van der Waals surface area contributed by atoms with Crippen molar-refractivity contribution >= 4 is 11.0 Å². The number of methoxy groups -OCH3 is 1. The van der Waals surface area contributed by atoms with Crippen molar-refractivity contribution in [3.05, 3.63) is 30.0 Å². The minimum Gasteiger partial charge on any atom is -0.480 e. The molecule has 14 heavy (non-hydrogen) atoms. The standard InChI is InChI=1S/C10H7N3O/c1-14-10-8(6-11)5-7-3-2-4-12-9(7)13-10/h2-5H,1H3. The molecule has 2 rings (SSSR count). The fraction of sp³-hybridized carbons (Fsp3) is 0.100. The van der Waals surface area contributed by atoms with Crippen LogP contribution in [0.5, 0.6) is 5.88 Å². The Morgan fingerprint density at radius 2 is 2.36 bits per heavy atom. The molecule has 2 aromatic rings. The van der Waals surface area contributed by atoms with E-state index in [0.717, 1.165) is 5.39 Å². The Balaban J connectivity index is 2.77. The van der Waals surface area contributed by atoms with Crippen molar-refractivity contribution in [3.8, 4) is 11.9 Å². The highest BCUT2D eigenvalue weighted by molar-refractivity contribution is 5.77. The van der Waals surface area contributed by atoms with Crippen LogP contribution in [-0.2, 0) is 0 Å². The van der Waals surface area contributed by atoms with E-state index in [-0.39, 0.29) is 0 Å². The third-order valence-corrected chi connectivity index (χ3v) is 1.87. The average molecular weight is 185 g/mol. The number of nitrogens with zero attached hydrogens (tertiary/aromatic N) is 3. The van der Waals surface area contributed by atoms with Gasteiger partial charge in [-0.2, -0.15) is 10.2 Å². The molecule has 0 atom stereocenters. The van der Waals surface area contributed by atoms with Crippen molar-refractivity contribution in [2.75, 3.05) is 7.11 Å². The quantitative estimate of drug-likeness (QED) is 0.675. The minimum absolute atomic E-state index is 0.318. The second-order valence-electron chi connectivity index (χ2n) is 2.71. The second-order valence-corrected chi connectivity index (χ2v) is 2.71. The van der Waals surface area contributed by atoms with Crippen LogP contribution < -0.4 is 4.74 Å². The van der Waals surface area contributed by atoms with Gasteiger partial charge in [0.1, 0.15) is 11.6 Å². The summed E-state index contributed by atoms with van der Waals surface area (Å²) in [6.45, 7) is 0. The molecule has 0 aliphatic carbocycles. The predicted molar refractivity (Wildman–Crippen MR) is 50.8 cm³/mol. The molecule has 0 aliphatic heterocycles. The molecule has 0 bridgehead atoms. The summed E-state index contributed by atoms with van der Waals surface area (Å²) in [5, 5.41) is 9.66. The van der Waals surface area contributed by atoms with Crippen molar-refractivity contribution in [1.29, 1.82) is 5.26 Å². The van der Waals surface area contributed by atoms with Gasteiger partial charge in [0, 0.05) is 11.6 Å². The van der Waals surface area contributed by atoms with E-state index in [4.69, 9.17) is 10.00 Å². The van der Waals surface area contributed by atoms with Gasteiger partial charge in [-0.1, -0.05) is 0 Å². The lowest BCUT2D eigenvalue weighted by atomic mass is 10.2. The van der Waals surface area contributed by atoms with Crippen molar-refractivity contribution in [2.24, 2.45) is 0 Å². The molecular formula is C10H7N3O. The Morgan fingerprint density at radius 3 is 3.07 bits per heavy atom. The number of hydrogen-bond acceptors (Lipinski definition) is 4. The molecule has 0 N–H and O–H groups in total. The van der Waals surface area contributed by atoms with Crippen molar-refractivity contribution in [2.45, 2.75) is 0 Å². The summed E-state index contributed by atoms with van der Waals surface area (Å²) in [6.07, 6.45) is 1.65. The number of fused-ring (bicyclic) bond motifs is 1. The molecule has 4 heteroatoms. The van der Waals surface area contributed by atoms with E-state index in [9.17, 15) is 0 Å². The first-order valence-corrected chi connectivity index (χ1v) is 4.05. The van der Waals surface area contributed by atoms with E-state index in [1.807, 2.05) is 12.1 Å². The number of rotatable bonds is 1. The lowest BCUT2D eigenvalue weighted by Crippen LogP contribution is -1.93. The second kappa shape index (κ2) is 3.30. The summed E-state index contributed by atoms with van der Waals surface area (Å²) in [6, 6.07) is 7.40. The average Bonchev–Trinajstić information content (AvgIpc) is 2.27. The van der Waals surface area contributed by atoms with Gasteiger partial charge in [0.2, 0.25) is 5.88 Å². The molecule has 0 radical (unpaired) electrons. The number of pyridine rings is 2. The SMILES string of the molecule is COc1nc2ncccc2cc1C#N. The summed E-state index contributed by atoms with van der Waals surface area (Å²) in [4.78, 5) is 8.17. The Morgan fingerprint density at radius 1 is 1.50 bits per heavy atom. The summed E-state index contributed by atoms with van der Waals surface area (Å²) < 4.78 is 4.97. The van der Waals surface area contributed by atoms with Gasteiger partial charge >= 0.3 is 0 Å². The molecule has 0 fully saturated rings. The van der Waals surface area contributed by atoms with Crippen LogP contribution >= 0.6 is 0 Å². The van der Waals surface area contributed by atoms with E-state index >= 15 is 0 Å². The lowest BCUT2D eigenvalue weighted by Gasteiger charge is -2.02. The fourth-order valence-corrected chi connectivity index (χ4v) is 1.22. The van der Waals surface area contributed by atoms with Crippen LogP contribution in [0.25, 0.3) is 11.0 Å². The van der Waals surface area contributed by atoms with E-state index in [1.165, 1.54) is 7.11 Å². The molecule has 4 nitrogen and oxygen atoms in total. The minimum atomic E-state index is 0.318. The predicted octanol–water partition coefficient (Wildman–Crippen LogP) is 1.51. The van der Waals surface area contributed by atoms with Crippen LogP contribution in [0.4, 0.5) is 0 Å². The van der Waals surface area contributed by atoms with Crippen molar-refractivity contribution < 1.29 is 4.74 Å². The largest absolute Gasteiger partial charge is 0.480 e. The summed E-state index contributed by atoms with van der Waals surface area (Å²) in [5.74, 6) is 0.318. The Hall–Kier alpha value is -2.15. The first-order chi connectivity index (χ1) is 6.85. The van der Waals surface area contributed by atoms with E-state index in [0.29, 0.717) is 17.1 Å². The third kappa shape index (κ3) is 1.25. The van der Waals surface area contributed by atoms with E-state index < -0.39 is 0 Å². The normalized spacial score (nSPS) is 9.71. The van der Waals surface area contributed by atoms with E-state index in [2.05, 4.69) is 9.97 Å². The zero-order valence-electron chi connectivity index (χ0n) is 7.56. The van der Waals surface area contributed by atoms with Crippen molar-refractivity contribution in [1.82, 2.24) is 9.97 Å². The number of nitriles is 1. The van der Waals surface area contributed by atoms with Crippen LogP contribution in [0.15, 0.2) is 24.4 Å². The van der Waals surface area contributed by atoms with Crippen LogP contribution in [-0.4, -0.2) is 17.1 Å². The van der Waals surface area contributed by atoms with Crippen molar-refractivity contribution in [3.63, 3.8) is 0 Å². The summed E-state index contributed by atoms with van der Waals surface area (Å²) >= 11 is 0. The fourth-order valence-electron chi connectivity index (χ4n) is 1.22. The van der Waals surface area contributed by atoms with E-state index in [1.54, 1.807) is 18.3 Å². The molecule has 0 amide bonds. The maximum atomic E-state index is 8.82. The zero-order valence-corrected chi connectivity index (χ0v) is 7.56. The molecule has 0 unspecified atom stereocenters. The maximum Gasteiger partial charge on any atom is 0.233 e. The highest BCUT2D eigenvalue weighted by Crippen LogP contribution is 2.19. The molecule has 0 saturated heterocycles. The maximum absolute atomic E-state index is 8.82. The zero-order chi connectivity index (χ0) is 9.97. The van der Waals surface area contributed by atoms with Gasteiger partial charge in [-0.25, -0.2) is 4.98 Å². The van der Waals surface area contributed by atoms with Gasteiger partial charge in [-0.3, -0.25) is 0 Å². The first kappa shape index (κ1) is 8.45. The molecule has 0 aromatic carbocycles. The third-order valence-electron chi connectivity index (χ3n) is 1.87. The van der Waals surface area contributed by atoms with Gasteiger partial charge in [0.15, 0.2) is 5.65 Å². The number of aromatic nitrogens is 2. The van der Waals surface area contributed by atoms with Crippen LogP contribution in [0.2, 0.25) is 0 Å². The summed E-state index contributed by atoms with van der Waals surface area (Å²) in [7, 11) is 1.48. The highest BCUT2D eigenvalue weighted by atomic mass is 16.5. The molecule has 0 saturated carbocycles. The molecule has 0 spiro atoms. The molecule has 2 aromatic heterocycles. The van der Waals surface area contributed by atoms with Gasteiger partial charge in [0.05, 0.1) is 7.11 Å². The monoisotopic (exact) mass is 185 g/mol. The van der Waals surface area contributed by atoms with Crippen LogP contribution in [0.3, 0.4) is 0 Å². The molecule has 68 valence electrons. The molecule has 2 heterocycles. The van der Waals surface area contributed by atoms with Crippen LogP contribution in [0.1, 0.15) is 5.56 Å².